The molecule has 6 heteroatoms. The normalized spacial score (nSPS) is 14.4. The Labute approximate surface area is 122 Å². The predicted octanol–water partition coefficient (Wildman–Crippen LogP) is 0.814. The van der Waals surface area contributed by atoms with Crippen molar-refractivity contribution in [1.82, 2.24) is 10.2 Å². The SMILES string of the molecule is CCC(CCCN(CCOC)CCOC)(NC)C(=O)O. The maximum Gasteiger partial charge on any atom is 0.323 e. The van der Waals surface area contributed by atoms with E-state index in [-0.39, 0.29) is 0 Å². The minimum Gasteiger partial charge on any atom is -0.480 e. The van der Waals surface area contributed by atoms with Gasteiger partial charge in [-0.1, -0.05) is 6.92 Å². The molecule has 6 nitrogen and oxygen atoms in total. The van der Waals surface area contributed by atoms with Crippen LogP contribution in [0, 0.1) is 0 Å². The van der Waals surface area contributed by atoms with Gasteiger partial charge in [0.2, 0.25) is 0 Å². The van der Waals surface area contributed by atoms with Gasteiger partial charge in [-0.15, -0.1) is 0 Å². The summed E-state index contributed by atoms with van der Waals surface area (Å²) >= 11 is 0. The molecule has 0 radical (unpaired) electrons. The van der Waals surface area contributed by atoms with Crippen LogP contribution in [0.25, 0.3) is 0 Å². The lowest BCUT2D eigenvalue weighted by Gasteiger charge is -2.29. The first kappa shape index (κ1) is 19.3. The van der Waals surface area contributed by atoms with Crippen LogP contribution in [0.4, 0.5) is 0 Å². The van der Waals surface area contributed by atoms with Crippen molar-refractivity contribution in [2.45, 2.75) is 31.7 Å². The summed E-state index contributed by atoms with van der Waals surface area (Å²) in [7, 11) is 5.08. The molecule has 0 aliphatic carbocycles. The van der Waals surface area contributed by atoms with Crippen LogP contribution < -0.4 is 5.32 Å². The summed E-state index contributed by atoms with van der Waals surface area (Å²) in [6.07, 6.45) is 2.02. The minimum atomic E-state index is -0.811. The fourth-order valence-electron chi connectivity index (χ4n) is 2.22. The van der Waals surface area contributed by atoms with E-state index in [1.165, 1.54) is 0 Å². The first-order valence-corrected chi connectivity index (χ1v) is 7.18. The molecule has 0 saturated carbocycles. The second kappa shape index (κ2) is 11.0. The molecular formula is C14H30N2O4. The van der Waals surface area contributed by atoms with Gasteiger partial charge in [-0.3, -0.25) is 9.69 Å². The molecular weight excluding hydrogens is 260 g/mol. The number of rotatable bonds is 13. The van der Waals surface area contributed by atoms with Crippen molar-refractivity contribution in [2.75, 3.05) is 54.1 Å². The summed E-state index contributed by atoms with van der Waals surface area (Å²) in [5.74, 6) is -0.775. The number of carbonyl (C=O) groups is 1. The Hall–Kier alpha value is -0.690. The lowest BCUT2D eigenvalue weighted by molar-refractivity contribution is -0.145. The Morgan fingerprint density at radius 1 is 1.20 bits per heavy atom. The molecule has 0 aliphatic heterocycles. The summed E-state index contributed by atoms with van der Waals surface area (Å²) in [5.41, 5.74) is -0.811. The van der Waals surface area contributed by atoms with Gasteiger partial charge in [0, 0.05) is 27.3 Å². The van der Waals surface area contributed by atoms with Crippen molar-refractivity contribution >= 4 is 5.97 Å². The molecule has 20 heavy (non-hydrogen) atoms. The molecule has 1 atom stereocenters. The van der Waals surface area contributed by atoms with Gasteiger partial charge in [-0.2, -0.15) is 0 Å². The van der Waals surface area contributed by atoms with E-state index in [4.69, 9.17) is 9.47 Å². The van der Waals surface area contributed by atoms with Crippen LogP contribution in [-0.2, 0) is 14.3 Å². The van der Waals surface area contributed by atoms with Gasteiger partial charge in [0.1, 0.15) is 5.54 Å². The van der Waals surface area contributed by atoms with Crippen molar-refractivity contribution in [3.63, 3.8) is 0 Å². The monoisotopic (exact) mass is 290 g/mol. The Morgan fingerprint density at radius 3 is 2.10 bits per heavy atom. The summed E-state index contributed by atoms with van der Waals surface area (Å²) in [6.45, 7) is 5.78. The van der Waals surface area contributed by atoms with Crippen LogP contribution in [0.5, 0.6) is 0 Å². The lowest BCUT2D eigenvalue weighted by Crippen LogP contribution is -2.50. The maximum absolute atomic E-state index is 11.4. The van der Waals surface area contributed by atoms with Gasteiger partial charge < -0.3 is 19.9 Å². The van der Waals surface area contributed by atoms with E-state index in [1.807, 2.05) is 6.92 Å². The van der Waals surface area contributed by atoms with Gasteiger partial charge in [-0.25, -0.2) is 0 Å². The maximum atomic E-state index is 11.4. The topological polar surface area (TPSA) is 71.0 Å². The number of carboxylic acids is 1. The Kier molecular flexibility index (Phi) is 10.6. The fourth-order valence-corrected chi connectivity index (χ4v) is 2.22. The number of likely N-dealkylation sites (N-methyl/N-ethyl adjacent to an activating group) is 1. The zero-order valence-corrected chi connectivity index (χ0v) is 13.3. The van der Waals surface area contributed by atoms with Gasteiger partial charge in [0.05, 0.1) is 13.2 Å². The van der Waals surface area contributed by atoms with Crippen molar-refractivity contribution in [3.05, 3.63) is 0 Å². The number of carboxylic acid groups (broad SMARTS) is 1. The highest BCUT2D eigenvalue weighted by Crippen LogP contribution is 2.17. The number of hydrogen-bond acceptors (Lipinski definition) is 5. The van der Waals surface area contributed by atoms with Crippen LogP contribution >= 0.6 is 0 Å². The smallest absolute Gasteiger partial charge is 0.323 e. The standard InChI is InChI=1S/C14H30N2O4/c1-5-14(15-2,13(17)18)7-6-8-16(9-11-19-3)10-12-20-4/h15H,5-12H2,1-4H3,(H,17,18). The zero-order valence-electron chi connectivity index (χ0n) is 13.3. The number of ether oxygens (including phenoxy) is 2. The first-order chi connectivity index (χ1) is 9.56. The molecule has 0 aromatic carbocycles. The molecule has 0 rings (SSSR count). The number of hydrogen-bond donors (Lipinski definition) is 2. The Balaban J connectivity index is 4.27. The quantitative estimate of drug-likeness (QED) is 0.523. The van der Waals surface area contributed by atoms with Gasteiger partial charge in [-0.05, 0) is 32.9 Å². The van der Waals surface area contributed by atoms with Crippen LogP contribution in [0.15, 0.2) is 0 Å². The van der Waals surface area contributed by atoms with E-state index >= 15 is 0 Å². The third-order valence-electron chi connectivity index (χ3n) is 3.79. The van der Waals surface area contributed by atoms with Gasteiger partial charge in [0.25, 0.3) is 0 Å². The van der Waals surface area contributed by atoms with Crippen LogP contribution in [-0.4, -0.2) is 75.6 Å². The predicted molar refractivity (Wildman–Crippen MR) is 79.1 cm³/mol. The van der Waals surface area contributed by atoms with Gasteiger partial charge in [0.15, 0.2) is 0 Å². The first-order valence-electron chi connectivity index (χ1n) is 7.18. The summed E-state index contributed by atoms with van der Waals surface area (Å²) in [6, 6.07) is 0. The van der Waals surface area contributed by atoms with E-state index in [0.29, 0.717) is 26.1 Å². The van der Waals surface area contributed by atoms with E-state index in [1.54, 1.807) is 21.3 Å². The van der Waals surface area contributed by atoms with Crippen LogP contribution in [0.3, 0.4) is 0 Å². The molecule has 0 amide bonds. The zero-order chi connectivity index (χ0) is 15.4. The summed E-state index contributed by atoms with van der Waals surface area (Å²) in [4.78, 5) is 13.6. The van der Waals surface area contributed by atoms with Crippen molar-refractivity contribution in [1.29, 1.82) is 0 Å². The number of nitrogens with zero attached hydrogens (tertiary/aromatic N) is 1. The van der Waals surface area contributed by atoms with Crippen molar-refractivity contribution in [2.24, 2.45) is 0 Å². The average Bonchev–Trinajstić information content (AvgIpc) is 2.45. The van der Waals surface area contributed by atoms with Crippen molar-refractivity contribution in [3.8, 4) is 0 Å². The molecule has 0 aliphatic rings. The molecule has 0 bridgehead atoms. The van der Waals surface area contributed by atoms with Crippen LogP contribution in [0.1, 0.15) is 26.2 Å². The second-order valence-electron chi connectivity index (χ2n) is 4.92. The van der Waals surface area contributed by atoms with Crippen molar-refractivity contribution < 1.29 is 19.4 Å². The highest BCUT2D eigenvalue weighted by atomic mass is 16.5. The molecule has 0 saturated heterocycles. The lowest BCUT2D eigenvalue weighted by atomic mass is 9.90. The minimum absolute atomic E-state index is 0.578. The largest absolute Gasteiger partial charge is 0.480 e. The number of methoxy groups -OCH3 is 2. The van der Waals surface area contributed by atoms with E-state index in [2.05, 4.69) is 10.2 Å². The van der Waals surface area contributed by atoms with Crippen LogP contribution in [0.2, 0.25) is 0 Å². The Bertz CT molecular complexity index is 250. The van der Waals surface area contributed by atoms with E-state index in [9.17, 15) is 9.90 Å². The fraction of sp³-hybridized carbons (Fsp3) is 0.929. The molecule has 0 spiro atoms. The number of aliphatic carboxylic acids is 1. The van der Waals surface area contributed by atoms with E-state index in [0.717, 1.165) is 26.1 Å². The molecule has 2 N–H and O–H groups in total. The molecule has 120 valence electrons. The number of nitrogens with one attached hydrogen (secondary N) is 1. The summed E-state index contributed by atoms with van der Waals surface area (Å²) < 4.78 is 10.2. The molecule has 0 heterocycles. The average molecular weight is 290 g/mol. The van der Waals surface area contributed by atoms with E-state index < -0.39 is 11.5 Å². The molecule has 0 aromatic heterocycles. The second-order valence-corrected chi connectivity index (χ2v) is 4.92. The molecule has 0 aromatic rings. The molecule has 0 fully saturated rings. The third kappa shape index (κ3) is 6.65. The van der Waals surface area contributed by atoms with Gasteiger partial charge >= 0.3 is 5.97 Å². The summed E-state index contributed by atoms with van der Waals surface area (Å²) in [5, 5.41) is 12.3. The Morgan fingerprint density at radius 2 is 1.75 bits per heavy atom. The molecule has 1 unspecified atom stereocenters. The third-order valence-corrected chi connectivity index (χ3v) is 3.79. The highest BCUT2D eigenvalue weighted by molar-refractivity contribution is 5.78. The highest BCUT2D eigenvalue weighted by Gasteiger charge is 2.34.